The van der Waals surface area contributed by atoms with Crippen molar-refractivity contribution in [3.8, 4) is 0 Å². The van der Waals surface area contributed by atoms with Crippen LogP contribution in [0.15, 0.2) is 12.4 Å². The predicted molar refractivity (Wildman–Crippen MR) is 27.4 cm³/mol. The first-order valence-corrected chi connectivity index (χ1v) is 2.28. The van der Waals surface area contributed by atoms with E-state index in [0.29, 0.717) is 0 Å². The summed E-state index contributed by atoms with van der Waals surface area (Å²) < 4.78 is 11.9. The van der Waals surface area contributed by atoms with Crippen molar-refractivity contribution in [2.75, 3.05) is 0 Å². The maximum atomic E-state index is 12.0. The van der Waals surface area contributed by atoms with Gasteiger partial charge in [0, 0.05) is 0 Å². The molecule has 0 aliphatic rings. The Hall–Kier alpha value is -0.840. The standard InChI is InChI=1S/C3H2FN3S/c4-7-2-1-5-6-3(7)8/h1-2H. The molecule has 0 unspecified atom stereocenters. The molecule has 1 aromatic rings. The average Bonchev–Trinajstić information content (AvgIpc) is 1.77. The largest absolute Gasteiger partial charge is 0.248 e. The van der Waals surface area contributed by atoms with Gasteiger partial charge in [0.1, 0.15) is 0 Å². The van der Waals surface area contributed by atoms with Crippen LogP contribution in [0.4, 0.5) is 4.48 Å². The lowest BCUT2D eigenvalue weighted by Crippen LogP contribution is -1.90. The summed E-state index contributed by atoms with van der Waals surface area (Å²) >= 11 is 4.37. The average molecular weight is 131 g/mol. The quantitative estimate of drug-likeness (QED) is 0.486. The van der Waals surface area contributed by atoms with Gasteiger partial charge >= 0.3 is 0 Å². The molecule has 0 spiro atoms. The molecule has 0 saturated heterocycles. The predicted octanol–water partition coefficient (Wildman–Crippen LogP) is 0.740. The van der Waals surface area contributed by atoms with Crippen LogP contribution >= 0.6 is 12.2 Å². The minimum Gasteiger partial charge on any atom is -0.154 e. The van der Waals surface area contributed by atoms with E-state index < -0.39 is 0 Å². The molecular weight excluding hydrogens is 129 g/mol. The summed E-state index contributed by atoms with van der Waals surface area (Å²) in [5, 5.41) is 6.56. The molecular formula is C3H2FN3S. The molecule has 1 aromatic heterocycles. The van der Waals surface area contributed by atoms with Crippen LogP contribution in [-0.4, -0.2) is 15.0 Å². The second kappa shape index (κ2) is 1.95. The van der Waals surface area contributed by atoms with Crippen LogP contribution in [0.2, 0.25) is 0 Å². The van der Waals surface area contributed by atoms with E-state index in [9.17, 15) is 4.48 Å². The van der Waals surface area contributed by atoms with Gasteiger partial charge in [0.2, 0.25) is 4.77 Å². The van der Waals surface area contributed by atoms with E-state index in [4.69, 9.17) is 0 Å². The molecule has 0 N–H and O–H groups in total. The zero-order valence-corrected chi connectivity index (χ0v) is 4.60. The van der Waals surface area contributed by atoms with E-state index in [1.807, 2.05) is 0 Å². The first-order chi connectivity index (χ1) is 3.80. The van der Waals surface area contributed by atoms with Crippen molar-refractivity contribution in [1.29, 1.82) is 0 Å². The minimum atomic E-state index is -0.160. The Morgan fingerprint density at radius 3 is 2.88 bits per heavy atom. The highest BCUT2D eigenvalue weighted by atomic mass is 32.1. The summed E-state index contributed by atoms with van der Waals surface area (Å²) in [4.78, 5) is 0.225. The summed E-state index contributed by atoms with van der Waals surface area (Å²) in [6.45, 7) is 0. The highest BCUT2D eigenvalue weighted by molar-refractivity contribution is 7.71. The first-order valence-electron chi connectivity index (χ1n) is 1.87. The molecule has 0 atom stereocenters. The van der Waals surface area contributed by atoms with Crippen LogP contribution in [-0.2, 0) is 0 Å². The summed E-state index contributed by atoms with van der Waals surface area (Å²) in [7, 11) is 0. The molecule has 0 bridgehead atoms. The second-order valence-corrected chi connectivity index (χ2v) is 1.47. The first kappa shape index (κ1) is 5.30. The molecule has 5 heteroatoms. The number of halogens is 1. The maximum Gasteiger partial charge on any atom is 0.248 e. The molecule has 0 amide bonds. The molecule has 0 radical (unpaired) electrons. The van der Waals surface area contributed by atoms with E-state index in [1.54, 1.807) is 0 Å². The van der Waals surface area contributed by atoms with E-state index in [2.05, 4.69) is 22.4 Å². The molecule has 8 heavy (non-hydrogen) atoms. The van der Waals surface area contributed by atoms with Gasteiger partial charge in [-0.2, -0.15) is 9.89 Å². The summed E-state index contributed by atoms with van der Waals surface area (Å²) in [5.41, 5.74) is 0. The summed E-state index contributed by atoms with van der Waals surface area (Å²) in [6.07, 6.45) is 2.31. The van der Waals surface area contributed by atoms with E-state index in [1.165, 1.54) is 6.20 Å². The molecule has 42 valence electrons. The van der Waals surface area contributed by atoms with Gasteiger partial charge in [0.25, 0.3) is 0 Å². The molecule has 1 heterocycles. The van der Waals surface area contributed by atoms with Crippen molar-refractivity contribution in [3.05, 3.63) is 17.2 Å². The SMILES string of the molecule is Fn1ccnnc1=S. The third-order valence-corrected chi connectivity index (χ3v) is 0.846. The molecule has 0 fully saturated rings. The van der Waals surface area contributed by atoms with Crippen molar-refractivity contribution in [2.24, 2.45) is 0 Å². The zero-order chi connectivity index (χ0) is 5.98. The fourth-order valence-electron chi connectivity index (χ4n) is 0.278. The fourth-order valence-corrected chi connectivity index (χ4v) is 0.386. The number of aromatic nitrogens is 3. The third-order valence-electron chi connectivity index (χ3n) is 0.590. The van der Waals surface area contributed by atoms with Crippen molar-refractivity contribution in [1.82, 2.24) is 15.0 Å². The number of nitrogens with zero attached hydrogens (tertiary/aromatic N) is 3. The fraction of sp³-hybridized carbons (Fsp3) is 0. The lowest BCUT2D eigenvalue weighted by atomic mass is 10.9. The van der Waals surface area contributed by atoms with Crippen LogP contribution in [0.1, 0.15) is 0 Å². The molecule has 0 aromatic carbocycles. The maximum absolute atomic E-state index is 12.0. The zero-order valence-electron chi connectivity index (χ0n) is 3.78. The normalized spacial score (nSPS) is 9.12. The van der Waals surface area contributed by atoms with Crippen molar-refractivity contribution in [3.63, 3.8) is 0 Å². The Balaban J connectivity index is 3.35. The van der Waals surface area contributed by atoms with Gasteiger partial charge in [0.05, 0.1) is 12.4 Å². The molecule has 0 aliphatic heterocycles. The van der Waals surface area contributed by atoms with Gasteiger partial charge in [-0.15, -0.1) is 5.10 Å². The lowest BCUT2D eigenvalue weighted by Gasteiger charge is -1.84. The van der Waals surface area contributed by atoms with Gasteiger partial charge in [-0.3, -0.25) is 0 Å². The molecule has 1 rings (SSSR count). The van der Waals surface area contributed by atoms with E-state index in [-0.39, 0.29) is 9.56 Å². The minimum absolute atomic E-state index is 0.160. The smallest absolute Gasteiger partial charge is 0.154 e. The van der Waals surface area contributed by atoms with Gasteiger partial charge in [-0.05, 0) is 12.2 Å². The lowest BCUT2D eigenvalue weighted by molar-refractivity contribution is 0.349. The Bertz CT molecular complexity index is 232. The summed E-state index contributed by atoms with van der Waals surface area (Å²) in [6, 6.07) is 0. The second-order valence-electron chi connectivity index (χ2n) is 1.11. The number of hydrogen-bond donors (Lipinski definition) is 0. The monoisotopic (exact) mass is 131 g/mol. The molecule has 0 saturated carbocycles. The topological polar surface area (TPSA) is 30.7 Å². The molecule has 0 aliphatic carbocycles. The van der Waals surface area contributed by atoms with Gasteiger partial charge in [0.15, 0.2) is 0 Å². The van der Waals surface area contributed by atoms with Gasteiger partial charge in [-0.1, -0.05) is 4.48 Å². The van der Waals surface area contributed by atoms with E-state index >= 15 is 0 Å². The molecule has 3 nitrogen and oxygen atoms in total. The van der Waals surface area contributed by atoms with Crippen molar-refractivity contribution in [2.45, 2.75) is 0 Å². The van der Waals surface area contributed by atoms with Gasteiger partial charge < -0.3 is 0 Å². The highest BCUT2D eigenvalue weighted by Crippen LogP contribution is 1.82. The summed E-state index contributed by atoms with van der Waals surface area (Å²) in [5.74, 6) is 0. The Labute approximate surface area is 49.7 Å². The Kier molecular flexibility index (Phi) is 1.29. The highest BCUT2D eigenvalue weighted by Gasteiger charge is 1.82. The van der Waals surface area contributed by atoms with Crippen molar-refractivity contribution >= 4 is 12.2 Å². The third kappa shape index (κ3) is 0.865. The van der Waals surface area contributed by atoms with Gasteiger partial charge in [-0.25, -0.2) is 0 Å². The number of hydrogen-bond acceptors (Lipinski definition) is 3. The van der Waals surface area contributed by atoms with E-state index in [0.717, 1.165) is 6.20 Å². The Morgan fingerprint density at radius 2 is 2.50 bits per heavy atom. The Morgan fingerprint density at radius 1 is 1.75 bits per heavy atom. The van der Waals surface area contributed by atoms with Crippen molar-refractivity contribution < 1.29 is 4.48 Å². The van der Waals surface area contributed by atoms with Crippen LogP contribution in [0.25, 0.3) is 0 Å². The van der Waals surface area contributed by atoms with Crippen LogP contribution < -0.4 is 0 Å². The van der Waals surface area contributed by atoms with Crippen LogP contribution in [0.5, 0.6) is 0 Å². The van der Waals surface area contributed by atoms with Crippen LogP contribution in [0, 0.1) is 4.77 Å². The number of rotatable bonds is 0. The van der Waals surface area contributed by atoms with Crippen LogP contribution in [0.3, 0.4) is 0 Å².